The number of amides is 1. The lowest BCUT2D eigenvalue weighted by Gasteiger charge is -2.03. The van der Waals surface area contributed by atoms with E-state index in [9.17, 15) is 9.59 Å². The summed E-state index contributed by atoms with van der Waals surface area (Å²) in [6.07, 6.45) is 0. The average Bonchev–Trinajstić information content (AvgIpc) is 2.99. The Morgan fingerprint density at radius 1 is 1.45 bits per heavy atom. The Morgan fingerprint density at radius 2 is 2.30 bits per heavy atom. The van der Waals surface area contributed by atoms with Crippen LogP contribution in [0.4, 0.5) is 5.13 Å². The van der Waals surface area contributed by atoms with Crippen LogP contribution in [0.1, 0.15) is 16.1 Å². The van der Waals surface area contributed by atoms with Gasteiger partial charge in [-0.05, 0) is 18.2 Å². The molecule has 20 heavy (non-hydrogen) atoms. The molecule has 0 bridgehead atoms. The zero-order chi connectivity index (χ0) is 14.1. The van der Waals surface area contributed by atoms with E-state index in [0.29, 0.717) is 22.9 Å². The second kappa shape index (κ2) is 5.06. The first-order valence-corrected chi connectivity index (χ1v) is 7.42. The predicted octanol–water partition coefficient (Wildman–Crippen LogP) is 1.56. The maximum absolute atomic E-state index is 12.0. The van der Waals surface area contributed by atoms with Gasteiger partial charge in [0.2, 0.25) is 0 Å². The number of H-pyrrole nitrogens is 1. The van der Waals surface area contributed by atoms with Gasteiger partial charge in [0.15, 0.2) is 5.13 Å². The molecular weight excluding hydrogens is 296 g/mol. The summed E-state index contributed by atoms with van der Waals surface area (Å²) in [7, 11) is 0. The van der Waals surface area contributed by atoms with E-state index in [2.05, 4.69) is 15.3 Å². The van der Waals surface area contributed by atoms with Crippen LogP contribution >= 0.6 is 22.7 Å². The van der Waals surface area contributed by atoms with Gasteiger partial charge in [0, 0.05) is 16.6 Å². The van der Waals surface area contributed by atoms with Crippen LogP contribution < -0.4 is 15.9 Å². The van der Waals surface area contributed by atoms with Crippen LogP contribution in [0.2, 0.25) is 0 Å². The number of hydrogen-bond donors (Lipinski definition) is 3. The van der Waals surface area contributed by atoms with Gasteiger partial charge in [0.05, 0.1) is 16.8 Å². The fourth-order valence-electron chi connectivity index (χ4n) is 1.76. The standard InChI is InChI=1S/C12H10N4O2S2/c13-11-16-8-2-1-6(3-9(8)20-11)10(17)14-4-7-5-19-12(18)15-7/h1-3,5H,4H2,(H2,13,16)(H,14,17)(H,15,18). The number of anilines is 1. The molecule has 0 spiro atoms. The molecule has 6 nitrogen and oxygen atoms in total. The first kappa shape index (κ1) is 12.8. The third-order valence-electron chi connectivity index (χ3n) is 2.68. The molecule has 0 fully saturated rings. The summed E-state index contributed by atoms with van der Waals surface area (Å²) in [6, 6.07) is 5.23. The number of aromatic amines is 1. The average molecular weight is 306 g/mol. The molecule has 2 aromatic heterocycles. The molecule has 1 aromatic carbocycles. The van der Waals surface area contributed by atoms with Crippen molar-refractivity contribution in [1.29, 1.82) is 0 Å². The minimum Gasteiger partial charge on any atom is -0.375 e. The highest BCUT2D eigenvalue weighted by atomic mass is 32.1. The summed E-state index contributed by atoms with van der Waals surface area (Å²) in [5.41, 5.74) is 7.64. The molecule has 3 rings (SSSR count). The summed E-state index contributed by atoms with van der Waals surface area (Å²) >= 11 is 2.42. The highest BCUT2D eigenvalue weighted by Gasteiger charge is 2.09. The number of nitrogens with two attached hydrogens (primary N) is 1. The molecule has 0 aliphatic rings. The first-order chi connectivity index (χ1) is 9.61. The van der Waals surface area contributed by atoms with Crippen LogP contribution in [0.15, 0.2) is 28.4 Å². The highest BCUT2D eigenvalue weighted by Crippen LogP contribution is 2.24. The molecule has 0 saturated carbocycles. The van der Waals surface area contributed by atoms with E-state index < -0.39 is 0 Å². The molecule has 3 aromatic rings. The van der Waals surface area contributed by atoms with Gasteiger partial charge in [0.1, 0.15) is 0 Å². The van der Waals surface area contributed by atoms with Crippen molar-refractivity contribution < 1.29 is 4.79 Å². The number of carbonyl (C=O) groups excluding carboxylic acids is 1. The molecule has 102 valence electrons. The number of carbonyl (C=O) groups is 1. The highest BCUT2D eigenvalue weighted by molar-refractivity contribution is 7.22. The fraction of sp³-hybridized carbons (Fsp3) is 0.0833. The smallest absolute Gasteiger partial charge is 0.304 e. The number of fused-ring (bicyclic) bond motifs is 1. The Bertz CT molecular complexity index is 833. The van der Waals surface area contributed by atoms with Gasteiger partial charge in [-0.3, -0.25) is 9.59 Å². The maximum Gasteiger partial charge on any atom is 0.304 e. The summed E-state index contributed by atoms with van der Waals surface area (Å²) in [4.78, 5) is 29.7. The van der Waals surface area contributed by atoms with Gasteiger partial charge in [-0.1, -0.05) is 22.7 Å². The van der Waals surface area contributed by atoms with Crippen molar-refractivity contribution in [2.45, 2.75) is 6.54 Å². The minimum absolute atomic E-state index is 0.129. The second-order valence-electron chi connectivity index (χ2n) is 4.09. The quantitative estimate of drug-likeness (QED) is 0.683. The lowest BCUT2D eigenvalue weighted by molar-refractivity contribution is 0.0950. The van der Waals surface area contributed by atoms with Gasteiger partial charge in [0.25, 0.3) is 5.91 Å². The van der Waals surface area contributed by atoms with Crippen LogP contribution in [-0.2, 0) is 6.54 Å². The van der Waals surface area contributed by atoms with Crippen molar-refractivity contribution in [3.63, 3.8) is 0 Å². The van der Waals surface area contributed by atoms with Crippen LogP contribution in [0.3, 0.4) is 0 Å². The Morgan fingerprint density at radius 3 is 3.05 bits per heavy atom. The van der Waals surface area contributed by atoms with Gasteiger partial charge in [-0.25, -0.2) is 4.98 Å². The third-order valence-corrected chi connectivity index (χ3v) is 4.24. The molecule has 8 heteroatoms. The lowest BCUT2D eigenvalue weighted by atomic mass is 10.2. The maximum atomic E-state index is 12.0. The first-order valence-electron chi connectivity index (χ1n) is 5.73. The second-order valence-corrected chi connectivity index (χ2v) is 6.00. The van der Waals surface area contributed by atoms with E-state index in [1.54, 1.807) is 23.6 Å². The van der Waals surface area contributed by atoms with Gasteiger partial charge < -0.3 is 16.0 Å². The number of rotatable bonds is 3. The van der Waals surface area contributed by atoms with Crippen LogP contribution in [0.25, 0.3) is 10.2 Å². The normalized spacial score (nSPS) is 10.8. The Kier molecular flexibility index (Phi) is 3.25. The number of thiazole rings is 2. The lowest BCUT2D eigenvalue weighted by Crippen LogP contribution is -2.23. The summed E-state index contributed by atoms with van der Waals surface area (Å²) in [5, 5.41) is 4.92. The topological polar surface area (TPSA) is 101 Å². The zero-order valence-corrected chi connectivity index (χ0v) is 11.8. The number of nitrogen functional groups attached to an aromatic ring is 1. The SMILES string of the molecule is Nc1nc2ccc(C(=O)NCc3csc(=O)[nH]3)cc2s1. The molecule has 0 saturated heterocycles. The number of benzene rings is 1. The van der Waals surface area contributed by atoms with Crippen molar-refractivity contribution in [2.75, 3.05) is 5.73 Å². The predicted molar refractivity (Wildman–Crippen MR) is 80.1 cm³/mol. The van der Waals surface area contributed by atoms with Crippen molar-refractivity contribution >= 4 is 43.9 Å². The molecule has 1 amide bonds. The van der Waals surface area contributed by atoms with Crippen LogP contribution in [-0.4, -0.2) is 15.9 Å². The van der Waals surface area contributed by atoms with Crippen molar-refractivity contribution in [3.8, 4) is 0 Å². The van der Waals surface area contributed by atoms with Crippen molar-refractivity contribution in [1.82, 2.24) is 15.3 Å². The molecule has 0 radical (unpaired) electrons. The van der Waals surface area contributed by atoms with E-state index in [-0.39, 0.29) is 10.8 Å². The number of hydrogen-bond acceptors (Lipinski definition) is 6. The largest absolute Gasteiger partial charge is 0.375 e. The van der Waals surface area contributed by atoms with Gasteiger partial charge >= 0.3 is 4.87 Å². The van der Waals surface area contributed by atoms with Crippen LogP contribution in [0, 0.1) is 0 Å². The zero-order valence-electron chi connectivity index (χ0n) is 10.2. The fourth-order valence-corrected chi connectivity index (χ4v) is 3.12. The number of aromatic nitrogens is 2. The van der Waals surface area contributed by atoms with Crippen molar-refractivity contribution in [3.05, 3.63) is 44.5 Å². The minimum atomic E-state index is -0.203. The van der Waals surface area contributed by atoms with E-state index in [1.807, 2.05) is 0 Å². The molecule has 0 atom stereocenters. The molecule has 0 aliphatic heterocycles. The monoisotopic (exact) mass is 306 g/mol. The van der Waals surface area contributed by atoms with E-state index >= 15 is 0 Å². The Balaban J connectivity index is 1.76. The molecule has 0 unspecified atom stereocenters. The molecule has 0 aliphatic carbocycles. The Hall–Kier alpha value is -2.19. The number of nitrogens with one attached hydrogen (secondary N) is 2. The molecular formula is C12H10N4O2S2. The molecule has 4 N–H and O–H groups in total. The third kappa shape index (κ3) is 2.56. The van der Waals surface area contributed by atoms with Gasteiger partial charge in [-0.2, -0.15) is 0 Å². The summed E-state index contributed by atoms with van der Waals surface area (Å²) in [6.45, 7) is 0.292. The van der Waals surface area contributed by atoms with E-state index in [4.69, 9.17) is 5.73 Å². The number of nitrogens with zero attached hydrogens (tertiary/aromatic N) is 1. The van der Waals surface area contributed by atoms with E-state index in [0.717, 1.165) is 21.6 Å². The van der Waals surface area contributed by atoms with Crippen molar-refractivity contribution in [2.24, 2.45) is 0 Å². The van der Waals surface area contributed by atoms with E-state index in [1.165, 1.54) is 11.3 Å². The van der Waals surface area contributed by atoms with Crippen LogP contribution in [0.5, 0.6) is 0 Å². The van der Waals surface area contributed by atoms with Gasteiger partial charge in [-0.15, -0.1) is 0 Å². The summed E-state index contributed by atoms with van der Waals surface area (Å²) in [5.74, 6) is -0.203. The molecule has 2 heterocycles. The Labute approximate surface area is 121 Å². The summed E-state index contributed by atoms with van der Waals surface area (Å²) < 4.78 is 0.874.